The standard InChI is InChI=1S/C12H20N2O/c1-4-15-12-7-11(8-14-9-12)10(2)5-6-13-3/h7-10,13H,4-6H2,1-3H3. The number of nitrogens with one attached hydrogen (secondary N) is 1. The monoisotopic (exact) mass is 208 g/mol. The predicted molar refractivity (Wildman–Crippen MR) is 62.4 cm³/mol. The molecule has 0 saturated carbocycles. The fourth-order valence-electron chi connectivity index (χ4n) is 1.48. The molecule has 1 rings (SSSR count). The van der Waals surface area contributed by atoms with Gasteiger partial charge in [0.15, 0.2) is 0 Å². The van der Waals surface area contributed by atoms with Crippen molar-refractivity contribution in [3.05, 3.63) is 24.0 Å². The number of rotatable bonds is 6. The maximum Gasteiger partial charge on any atom is 0.137 e. The van der Waals surface area contributed by atoms with Crippen molar-refractivity contribution < 1.29 is 4.74 Å². The first-order chi connectivity index (χ1) is 7.27. The van der Waals surface area contributed by atoms with Crippen molar-refractivity contribution in [2.75, 3.05) is 20.2 Å². The topological polar surface area (TPSA) is 34.1 Å². The second kappa shape index (κ2) is 6.40. The van der Waals surface area contributed by atoms with Gasteiger partial charge in [0.2, 0.25) is 0 Å². The van der Waals surface area contributed by atoms with E-state index in [1.54, 1.807) is 6.20 Å². The molecule has 0 bridgehead atoms. The molecule has 15 heavy (non-hydrogen) atoms. The third-order valence-corrected chi connectivity index (χ3v) is 2.44. The van der Waals surface area contributed by atoms with Crippen molar-refractivity contribution >= 4 is 0 Å². The number of pyridine rings is 1. The van der Waals surface area contributed by atoms with E-state index in [1.807, 2.05) is 20.2 Å². The Bertz CT molecular complexity index is 289. The lowest BCUT2D eigenvalue weighted by atomic mass is 9.99. The van der Waals surface area contributed by atoms with Crippen LogP contribution in [0.25, 0.3) is 0 Å². The molecule has 1 aromatic heterocycles. The lowest BCUT2D eigenvalue weighted by Crippen LogP contribution is -2.10. The first-order valence-corrected chi connectivity index (χ1v) is 5.50. The van der Waals surface area contributed by atoms with Crippen molar-refractivity contribution in [1.82, 2.24) is 10.3 Å². The Balaban J connectivity index is 2.62. The van der Waals surface area contributed by atoms with E-state index in [4.69, 9.17) is 4.74 Å². The van der Waals surface area contributed by atoms with Crippen LogP contribution in [0.4, 0.5) is 0 Å². The molecule has 0 fully saturated rings. The Morgan fingerprint density at radius 3 is 2.93 bits per heavy atom. The van der Waals surface area contributed by atoms with Crippen molar-refractivity contribution in [1.29, 1.82) is 0 Å². The van der Waals surface area contributed by atoms with Crippen LogP contribution in [0.5, 0.6) is 5.75 Å². The molecule has 0 amide bonds. The first kappa shape index (κ1) is 12.0. The Hall–Kier alpha value is -1.09. The third-order valence-electron chi connectivity index (χ3n) is 2.44. The minimum atomic E-state index is 0.519. The molecule has 1 unspecified atom stereocenters. The average Bonchev–Trinajstić information content (AvgIpc) is 2.27. The zero-order valence-electron chi connectivity index (χ0n) is 9.79. The molecule has 1 atom stereocenters. The molecule has 0 aliphatic carbocycles. The zero-order valence-corrected chi connectivity index (χ0v) is 9.79. The van der Waals surface area contributed by atoms with Crippen LogP contribution < -0.4 is 10.1 Å². The molecule has 0 aliphatic rings. The van der Waals surface area contributed by atoms with E-state index in [0.717, 1.165) is 18.7 Å². The van der Waals surface area contributed by atoms with Gasteiger partial charge in [-0.05, 0) is 44.5 Å². The summed E-state index contributed by atoms with van der Waals surface area (Å²) in [5.41, 5.74) is 1.25. The maximum atomic E-state index is 5.42. The van der Waals surface area contributed by atoms with Crippen LogP contribution in [0.15, 0.2) is 18.5 Å². The van der Waals surface area contributed by atoms with E-state index in [9.17, 15) is 0 Å². The van der Waals surface area contributed by atoms with Crippen molar-refractivity contribution in [3.63, 3.8) is 0 Å². The molecule has 3 nitrogen and oxygen atoms in total. The average molecular weight is 208 g/mol. The van der Waals surface area contributed by atoms with E-state index in [1.165, 1.54) is 5.56 Å². The number of hydrogen-bond donors (Lipinski definition) is 1. The van der Waals surface area contributed by atoms with Gasteiger partial charge in [0.05, 0.1) is 12.8 Å². The van der Waals surface area contributed by atoms with Crippen LogP contribution in [0.3, 0.4) is 0 Å². The quantitative estimate of drug-likeness (QED) is 0.778. The van der Waals surface area contributed by atoms with Crippen LogP contribution in [-0.2, 0) is 0 Å². The molecule has 1 N–H and O–H groups in total. The third kappa shape index (κ3) is 3.88. The molecule has 84 valence electrons. The summed E-state index contributed by atoms with van der Waals surface area (Å²) in [6, 6.07) is 2.08. The smallest absolute Gasteiger partial charge is 0.137 e. The summed E-state index contributed by atoms with van der Waals surface area (Å²) in [5.74, 6) is 1.39. The number of ether oxygens (including phenoxy) is 1. The molecule has 0 aromatic carbocycles. The van der Waals surface area contributed by atoms with Gasteiger partial charge in [-0.2, -0.15) is 0 Å². The van der Waals surface area contributed by atoms with Gasteiger partial charge in [-0.25, -0.2) is 0 Å². The lowest BCUT2D eigenvalue weighted by Gasteiger charge is -2.12. The van der Waals surface area contributed by atoms with Gasteiger partial charge in [-0.1, -0.05) is 6.92 Å². The van der Waals surface area contributed by atoms with E-state index < -0.39 is 0 Å². The first-order valence-electron chi connectivity index (χ1n) is 5.50. The second-order valence-corrected chi connectivity index (χ2v) is 3.68. The fraction of sp³-hybridized carbons (Fsp3) is 0.583. The molecule has 0 spiro atoms. The molecule has 1 heterocycles. The van der Waals surface area contributed by atoms with E-state index in [-0.39, 0.29) is 0 Å². The van der Waals surface area contributed by atoms with Gasteiger partial charge in [-0.3, -0.25) is 4.98 Å². The van der Waals surface area contributed by atoms with Crippen molar-refractivity contribution in [2.24, 2.45) is 0 Å². The van der Waals surface area contributed by atoms with Gasteiger partial charge in [-0.15, -0.1) is 0 Å². The largest absolute Gasteiger partial charge is 0.492 e. The summed E-state index contributed by atoms with van der Waals surface area (Å²) in [7, 11) is 1.97. The summed E-state index contributed by atoms with van der Waals surface area (Å²) in [5, 5.41) is 3.16. The molecule has 0 saturated heterocycles. The van der Waals surface area contributed by atoms with Crippen molar-refractivity contribution in [3.8, 4) is 5.75 Å². The number of nitrogens with zero attached hydrogens (tertiary/aromatic N) is 1. The second-order valence-electron chi connectivity index (χ2n) is 3.68. The normalized spacial score (nSPS) is 12.5. The Morgan fingerprint density at radius 1 is 1.47 bits per heavy atom. The van der Waals surface area contributed by atoms with Crippen LogP contribution >= 0.6 is 0 Å². The Morgan fingerprint density at radius 2 is 2.27 bits per heavy atom. The minimum absolute atomic E-state index is 0.519. The van der Waals surface area contributed by atoms with Gasteiger partial charge in [0.1, 0.15) is 5.75 Å². The van der Waals surface area contributed by atoms with Crippen LogP contribution in [0.1, 0.15) is 31.7 Å². The number of aromatic nitrogens is 1. The van der Waals surface area contributed by atoms with Gasteiger partial charge in [0, 0.05) is 6.20 Å². The summed E-state index contributed by atoms with van der Waals surface area (Å²) < 4.78 is 5.42. The van der Waals surface area contributed by atoms with E-state index in [0.29, 0.717) is 12.5 Å². The molecule has 3 heteroatoms. The lowest BCUT2D eigenvalue weighted by molar-refractivity contribution is 0.338. The van der Waals surface area contributed by atoms with Crippen LogP contribution in [0.2, 0.25) is 0 Å². The zero-order chi connectivity index (χ0) is 11.1. The Labute approximate surface area is 91.9 Å². The minimum Gasteiger partial charge on any atom is -0.492 e. The summed E-state index contributed by atoms with van der Waals surface area (Å²) >= 11 is 0. The molecule has 1 aromatic rings. The van der Waals surface area contributed by atoms with Crippen molar-refractivity contribution in [2.45, 2.75) is 26.2 Å². The number of hydrogen-bond acceptors (Lipinski definition) is 3. The fourth-order valence-corrected chi connectivity index (χ4v) is 1.48. The predicted octanol–water partition coefficient (Wildman–Crippen LogP) is 2.19. The summed E-state index contributed by atoms with van der Waals surface area (Å²) in [4.78, 5) is 4.19. The van der Waals surface area contributed by atoms with Gasteiger partial charge >= 0.3 is 0 Å². The highest BCUT2D eigenvalue weighted by molar-refractivity contribution is 5.25. The highest BCUT2D eigenvalue weighted by atomic mass is 16.5. The highest BCUT2D eigenvalue weighted by Gasteiger charge is 2.06. The molecular weight excluding hydrogens is 188 g/mol. The van der Waals surface area contributed by atoms with Gasteiger partial charge in [0.25, 0.3) is 0 Å². The summed E-state index contributed by atoms with van der Waals surface area (Å²) in [6.45, 7) is 5.91. The van der Waals surface area contributed by atoms with Gasteiger partial charge < -0.3 is 10.1 Å². The van der Waals surface area contributed by atoms with Crippen LogP contribution in [-0.4, -0.2) is 25.2 Å². The molecular formula is C12H20N2O. The SMILES string of the molecule is CCOc1cncc(C(C)CCNC)c1. The van der Waals surface area contributed by atoms with E-state index in [2.05, 4.69) is 23.3 Å². The van der Waals surface area contributed by atoms with Crippen LogP contribution in [0, 0.1) is 0 Å². The summed E-state index contributed by atoms with van der Waals surface area (Å²) in [6.07, 6.45) is 4.80. The molecule has 0 aliphatic heterocycles. The maximum absolute atomic E-state index is 5.42. The Kier molecular flexibility index (Phi) is 5.12. The highest BCUT2D eigenvalue weighted by Crippen LogP contribution is 2.21. The molecule has 0 radical (unpaired) electrons. The van der Waals surface area contributed by atoms with E-state index >= 15 is 0 Å².